The number of hydrogen-bond donors (Lipinski definition) is 0. The van der Waals surface area contributed by atoms with Gasteiger partial charge in [0.15, 0.2) is 0 Å². The normalized spacial score (nSPS) is 34.2. The number of nitrogens with zero attached hydrogens (tertiary/aromatic N) is 1. The van der Waals surface area contributed by atoms with Crippen LogP contribution in [0.2, 0.25) is 0 Å². The van der Waals surface area contributed by atoms with E-state index < -0.39 is 0 Å². The van der Waals surface area contributed by atoms with Crippen LogP contribution in [0, 0.1) is 5.92 Å². The number of rotatable bonds is 1. The van der Waals surface area contributed by atoms with Gasteiger partial charge in [-0.3, -0.25) is 0 Å². The van der Waals surface area contributed by atoms with E-state index in [4.69, 9.17) is 0 Å². The summed E-state index contributed by atoms with van der Waals surface area (Å²) in [5.41, 5.74) is 0. The molecule has 0 amide bonds. The average molecular weight is 167 g/mol. The maximum atomic E-state index is 2.75. The SMILES string of the molecule is CC1CCCN(C2CCCC2)C1. The van der Waals surface area contributed by atoms with Crippen molar-refractivity contribution in [1.82, 2.24) is 4.90 Å². The molecule has 0 aromatic heterocycles. The van der Waals surface area contributed by atoms with Crippen molar-refractivity contribution >= 4 is 0 Å². The summed E-state index contributed by atoms with van der Waals surface area (Å²) in [6.07, 6.45) is 8.82. The summed E-state index contributed by atoms with van der Waals surface area (Å²) in [4.78, 5) is 2.75. The summed E-state index contributed by atoms with van der Waals surface area (Å²) in [5, 5.41) is 0. The highest BCUT2D eigenvalue weighted by Crippen LogP contribution is 2.27. The van der Waals surface area contributed by atoms with E-state index in [2.05, 4.69) is 11.8 Å². The Morgan fingerprint density at radius 1 is 1.00 bits per heavy atom. The smallest absolute Gasteiger partial charge is 0.00953 e. The van der Waals surface area contributed by atoms with Crippen LogP contribution in [0.3, 0.4) is 0 Å². The molecule has 1 unspecified atom stereocenters. The summed E-state index contributed by atoms with van der Waals surface area (Å²) in [7, 11) is 0. The Morgan fingerprint density at radius 3 is 2.42 bits per heavy atom. The molecule has 1 atom stereocenters. The quantitative estimate of drug-likeness (QED) is 0.580. The second kappa shape index (κ2) is 3.78. The van der Waals surface area contributed by atoms with Crippen LogP contribution >= 0.6 is 0 Å². The molecule has 12 heavy (non-hydrogen) atoms. The highest BCUT2D eigenvalue weighted by molar-refractivity contribution is 4.81. The maximum Gasteiger partial charge on any atom is 0.00953 e. The largest absolute Gasteiger partial charge is 0.300 e. The Bertz CT molecular complexity index is 138. The van der Waals surface area contributed by atoms with E-state index in [9.17, 15) is 0 Å². The monoisotopic (exact) mass is 167 g/mol. The zero-order valence-electron chi connectivity index (χ0n) is 8.26. The van der Waals surface area contributed by atoms with Gasteiger partial charge in [-0.2, -0.15) is 0 Å². The Balaban J connectivity index is 1.85. The summed E-state index contributed by atoms with van der Waals surface area (Å²) in [6, 6.07) is 0.966. The molecule has 70 valence electrons. The third-order valence-electron chi connectivity index (χ3n) is 3.53. The molecule has 2 rings (SSSR count). The number of likely N-dealkylation sites (tertiary alicyclic amines) is 1. The van der Waals surface area contributed by atoms with E-state index in [0.29, 0.717) is 0 Å². The molecule has 0 aromatic rings. The van der Waals surface area contributed by atoms with Gasteiger partial charge in [-0.25, -0.2) is 0 Å². The molecular formula is C11H21N. The van der Waals surface area contributed by atoms with Gasteiger partial charge in [0.25, 0.3) is 0 Å². The standard InChI is InChI=1S/C11H21N/c1-10-5-4-8-12(9-10)11-6-2-3-7-11/h10-11H,2-9H2,1H3. The average Bonchev–Trinajstić information content (AvgIpc) is 2.56. The molecule has 0 bridgehead atoms. The van der Waals surface area contributed by atoms with Crippen molar-refractivity contribution in [3.8, 4) is 0 Å². The third kappa shape index (κ3) is 1.82. The van der Waals surface area contributed by atoms with E-state index in [1.54, 1.807) is 0 Å². The summed E-state index contributed by atoms with van der Waals surface area (Å²) < 4.78 is 0. The van der Waals surface area contributed by atoms with Crippen LogP contribution in [0.4, 0.5) is 0 Å². The Kier molecular flexibility index (Phi) is 2.69. The van der Waals surface area contributed by atoms with E-state index >= 15 is 0 Å². The van der Waals surface area contributed by atoms with Crippen molar-refractivity contribution in [2.24, 2.45) is 5.92 Å². The fourth-order valence-electron chi connectivity index (χ4n) is 2.83. The fraction of sp³-hybridized carbons (Fsp3) is 1.00. The van der Waals surface area contributed by atoms with Crippen LogP contribution in [-0.2, 0) is 0 Å². The lowest BCUT2D eigenvalue weighted by Crippen LogP contribution is -2.40. The molecule has 0 spiro atoms. The molecule has 1 aliphatic heterocycles. The fourth-order valence-corrected chi connectivity index (χ4v) is 2.83. The van der Waals surface area contributed by atoms with E-state index in [-0.39, 0.29) is 0 Å². The molecule has 1 aliphatic carbocycles. The molecule has 1 heterocycles. The minimum absolute atomic E-state index is 0.958. The zero-order valence-corrected chi connectivity index (χ0v) is 8.26. The Morgan fingerprint density at radius 2 is 1.75 bits per heavy atom. The zero-order chi connectivity index (χ0) is 8.39. The minimum atomic E-state index is 0.958. The minimum Gasteiger partial charge on any atom is -0.300 e. The first-order chi connectivity index (χ1) is 5.86. The molecule has 1 saturated heterocycles. The molecule has 2 fully saturated rings. The lowest BCUT2D eigenvalue weighted by Gasteiger charge is -2.35. The Hall–Kier alpha value is -0.0400. The highest BCUT2D eigenvalue weighted by Gasteiger charge is 2.25. The van der Waals surface area contributed by atoms with Gasteiger partial charge >= 0.3 is 0 Å². The van der Waals surface area contributed by atoms with E-state index in [1.807, 2.05) is 0 Å². The first-order valence-electron chi connectivity index (χ1n) is 5.60. The second-order valence-electron chi connectivity index (χ2n) is 4.68. The summed E-state index contributed by atoms with van der Waals surface area (Å²) in [6.45, 7) is 5.17. The Labute approximate surface area is 76.1 Å². The topological polar surface area (TPSA) is 3.24 Å². The predicted octanol–water partition coefficient (Wildman–Crippen LogP) is 2.66. The third-order valence-corrected chi connectivity index (χ3v) is 3.53. The van der Waals surface area contributed by atoms with E-state index in [1.165, 1.54) is 51.6 Å². The van der Waals surface area contributed by atoms with Gasteiger partial charge < -0.3 is 4.90 Å². The van der Waals surface area contributed by atoms with Gasteiger partial charge in [-0.05, 0) is 38.1 Å². The molecule has 0 aromatic carbocycles. The summed E-state index contributed by atoms with van der Waals surface area (Å²) in [5.74, 6) is 0.958. The predicted molar refractivity (Wildman–Crippen MR) is 52.2 cm³/mol. The molecule has 1 heteroatoms. The van der Waals surface area contributed by atoms with Crippen LogP contribution < -0.4 is 0 Å². The molecule has 2 aliphatic rings. The van der Waals surface area contributed by atoms with Crippen LogP contribution in [0.25, 0.3) is 0 Å². The highest BCUT2D eigenvalue weighted by atomic mass is 15.2. The van der Waals surface area contributed by atoms with Crippen LogP contribution in [0.15, 0.2) is 0 Å². The number of hydrogen-bond acceptors (Lipinski definition) is 1. The van der Waals surface area contributed by atoms with Gasteiger partial charge in [0.1, 0.15) is 0 Å². The van der Waals surface area contributed by atoms with Crippen LogP contribution in [0.5, 0.6) is 0 Å². The van der Waals surface area contributed by atoms with Crippen molar-refractivity contribution in [3.63, 3.8) is 0 Å². The number of piperidine rings is 1. The van der Waals surface area contributed by atoms with E-state index in [0.717, 1.165) is 12.0 Å². The second-order valence-corrected chi connectivity index (χ2v) is 4.68. The molecular weight excluding hydrogens is 146 g/mol. The summed E-state index contributed by atoms with van der Waals surface area (Å²) >= 11 is 0. The molecule has 0 radical (unpaired) electrons. The lowest BCUT2D eigenvalue weighted by molar-refractivity contribution is 0.132. The van der Waals surface area contributed by atoms with Gasteiger partial charge in [0.05, 0.1) is 0 Å². The molecule has 0 N–H and O–H groups in total. The van der Waals surface area contributed by atoms with Crippen molar-refractivity contribution in [3.05, 3.63) is 0 Å². The van der Waals surface area contributed by atoms with Crippen LogP contribution in [-0.4, -0.2) is 24.0 Å². The lowest BCUT2D eigenvalue weighted by atomic mass is 9.98. The maximum absolute atomic E-state index is 2.75. The van der Waals surface area contributed by atoms with Gasteiger partial charge in [-0.15, -0.1) is 0 Å². The molecule has 1 nitrogen and oxygen atoms in total. The van der Waals surface area contributed by atoms with Crippen molar-refractivity contribution in [2.45, 2.75) is 51.5 Å². The van der Waals surface area contributed by atoms with Crippen molar-refractivity contribution < 1.29 is 0 Å². The first kappa shape index (κ1) is 8.55. The van der Waals surface area contributed by atoms with Crippen molar-refractivity contribution in [1.29, 1.82) is 0 Å². The van der Waals surface area contributed by atoms with Crippen molar-refractivity contribution in [2.75, 3.05) is 13.1 Å². The molecule has 1 saturated carbocycles. The van der Waals surface area contributed by atoms with Crippen LogP contribution in [0.1, 0.15) is 45.4 Å². The first-order valence-corrected chi connectivity index (χ1v) is 5.60. The van der Waals surface area contributed by atoms with Gasteiger partial charge in [0, 0.05) is 12.6 Å². The van der Waals surface area contributed by atoms with Gasteiger partial charge in [0.2, 0.25) is 0 Å². The van der Waals surface area contributed by atoms with Gasteiger partial charge in [-0.1, -0.05) is 19.8 Å².